The SMILES string of the molecule is CCc1nc2sc(N3CC[C@H](N(C)CC(=O)N4CC(C#N)C4)C3)nn2c1N(C)c1nc(-c2ccc(C)cc2)c(C#N)s1. The summed E-state index contributed by atoms with van der Waals surface area (Å²) in [6.07, 6.45) is 1.68. The van der Waals surface area contributed by atoms with Gasteiger partial charge in [0.25, 0.3) is 0 Å². The van der Waals surface area contributed by atoms with Crippen LogP contribution in [0.25, 0.3) is 16.2 Å². The maximum atomic E-state index is 12.6. The first-order valence-electron chi connectivity index (χ1n) is 14.0. The van der Waals surface area contributed by atoms with E-state index < -0.39 is 0 Å². The predicted molar refractivity (Wildman–Crippen MR) is 164 cm³/mol. The number of hydrogen-bond acceptors (Lipinski definition) is 11. The van der Waals surface area contributed by atoms with Crippen molar-refractivity contribution >= 4 is 49.6 Å². The van der Waals surface area contributed by atoms with Gasteiger partial charge in [0.05, 0.1) is 24.2 Å². The van der Waals surface area contributed by atoms with Gasteiger partial charge >= 0.3 is 0 Å². The Kier molecular flexibility index (Phi) is 7.58. The molecule has 1 aromatic carbocycles. The molecule has 6 rings (SSSR count). The molecule has 3 aromatic heterocycles. The van der Waals surface area contributed by atoms with Crippen LogP contribution in [0.5, 0.6) is 0 Å². The van der Waals surface area contributed by atoms with Crippen molar-refractivity contribution < 1.29 is 4.79 Å². The van der Waals surface area contributed by atoms with E-state index in [0.717, 1.165) is 58.7 Å². The number of hydrogen-bond donors (Lipinski definition) is 0. The van der Waals surface area contributed by atoms with Crippen LogP contribution in [0, 0.1) is 35.5 Å². The molecule has 1 amide bonds. The standard InChI is InChI=1S/C29H32N10OS2/c1-5-22-26(36(4)27-33-25(23(13-31)41-27)20-8-6-18(2)7-9-20)39-28(32-22)42-29(34-39)37-11-10-21(16-37)35(3)17-24(40)38-14-19(12-30)15-38/h6-9,19,21H,5,10-11,14-17H2,1-4H3/t21-/m0/s1. The minimum absolute atomic E-state index is 0.0264. The van der Waals surface area contributed by atoms with Gasteiger partial charge in [-0.2, -0.15) is 15.0 Å². The molecule has 2 saturated heterocycles. The van der Waals surface area contributed by atoms with Crippen LogP contribution in [0.2, 0.25) is 0 Å². The van der Waals surface area contributed by atoms with E-state index in [1.807, 2.05) is 54.7 Å². The van der Waals surface area contributed by atoms with E-state index in [9.17, 15) is 10.1 Å². The van der Waals surface area contributed by atoms with E-state index in [0.29, 0.717) is 35.3 Å². The Balaban J connectivity index is 1.20. The largest absolute Gasteiger partial charge is 0.345 e. The molecule has 0 saturated carbocycles. The molecular weight excluding hydrogens is 569 g/mol. The van der Waals surface area contributed by atoms with Gasteiger partial charge in [-0.3, -0.25) is 9.69 Å². The smallest absolute Gasteiger partial charge is 0.236 e. The van der Waals surface area contributed by atoms with Crippen LogP contribution in [0.15, 0.2) is 24.3 Å². The Morgan fingerprint density at radius 1 is 1.12 bits per heavy atom. The lowest BCUT2D eigenvalue weighted by Gasteiger charge is -2.37. The maximum absolute atomic E-state index is 12.6. The lowest BCUT2D eigenvalue weighted by atomic mass is 10.0. The minimum Gasteiger partial charge on any atom is -0.345 e. The number of nitriles is 2. The van der Waals surface area contributed by atoms with Gasteiger partial charge < -0.3 is 14.7 Å². The Hall–Kier alpha value is -4.04. The van der Waals surface area contributed by atoms with Gasteiger partial charge in [-0.1, -0.05) is 59.4 Å². The zero-order valence-corrected chi connectivity index (χ0v) is 25.7. The summed E-state index contributed by atoms with van der Waals surface area (Å²) in [5, 5.41) is 25.5. The first-order valence-corrected chi connectivity index (χ1v) is 15.7. The number of nitrogens with zero attached hydrogens (tertiary/aromatic N) is 10. The number of carbonyl (C=O) groups excluding carboxylic acids is 1. The summed E-state index contributed by atoms with van der Waals surface area (Å²) in [4.78, 5) is 31.9. The summed E-state index contributed by atoms with van der Waals surface area (Å²) < 4.78 is 1.90. The third-order valence-electron chi connectivity index (χ3n) is 8.08. The molecule has 13 heteroatoms. The fourth-order valence-electron chi connectivity index (χ4n) is 5.48. The van der Waals surface area contributed by atoms with Crippen molar-refractivity contribution in [3.63, 3.8) is 0 Å². The van der Waals surface area contributed by atoms with Crippen molar-refractivity contribution in [2.75, 3.05) is 56.6 Å². The first kappa shape index (κ1) is 28.1. The zero-order valence-electron chi connectivity index (χ0n) is 24.1. The van der Waals surface area contributed by atoms with Crippen molar-refractivity contribution in [1.29, 1.82) is 10.5 Å². The van der Waals surface area contributed by atoms with Crippen LogP contribution >= 0.6 is 22.7 Å². The molecular formula is C29H32N10OS2. The van der Waals surface area contributed by atoms with Gasteiger partial charge in [-0.05, 0) is 26.8 Å². The number of carbonyl (C=O) groups is 1. The number of fused-ring (bicyclic) bond motifs is 1. The molecule has 2 aliphatic heterocycles. The average molecular weight is 601 g/mol. The molecule has 0 radical (unpaired) electrons. The number of rotatable bonds is 8. The number of anilines is 3. The molecule has 5 heterocycles. The van der Waals surface area contributed by atoms with Crippen molar-refractivity contribution in [3.05, 3.63) is 40.4 Å². The van der Waals surface area contributed by atoms with Crippen molar-refractivity contribution in [2.24, 2.45) is 5.92 Å². The first-order chi connectivity index (χ1) is 20.3. The summed E-state index contributed by atoms with van der Waals surface area (Å²) >= 11 is 2.93. The second kappa shape index (κ2) is 11.3. The monoisotopic (exact) mass is 600 g/mol. The van der Waals surface area contributed by atoms with Crippen LogP contribution in [0.3, 0.4) is 0 Å². The molecule has 2 aliphatic rings. The molecule has 4 aromatic rings. The molecule has 1 atom stereocenters. The van der Waals surface area contributed by atoms with Crippen LogP contribution in [0.1, 0.15) is 29.5 Å². The van der Waals surface area contributed by atoms with Gasteiger partial charge in [0, 0.05) is 44.8 Å². The Bertz CT molecular complexity index is 1700. The number of aromatic nitrogens is 4. The van der Waals surface area contributed by atoms with Gasteiger partial charge in [0.1, 0.15) is 16.6 Å². The van der Waals surface area contributed by atoms with Crippen LogP contribution in [0.4, 0.5) is 16.1 Å². The lowest BCUT2D eigenvalue weighted by Crippen LogP contribution is -2.53. The van der Waals surface area contributed by atoms with Crippen LogP contribution in [-0.2, 0) is 11.2 Å². The highest BCUT2D eigenvalue weighted by Gasteiger charge is 2.34. The minimum atomic E-state index is -0.0264. The van der Waals surface area contributed by atoms with Gasteiger partial charge in [-0.15, -0.1) is 5.10 Å². The molecule has 42 heavy (non-hydrogen) atoms. The van der Waals surface area contributed by atoms with Crippen LogP contribution in [-0.4, -0.2) is 88.2 Å². The Morgan fingerprint density at radius 2 is 1.88 bits per heavy atom. The molecule has 0 spiro atoms. The molecule has 216 valence electrons. The average Bonchev–Trinajstić information content (AvgIpc) is 3.74. The highest BCUT2D eigenvalue weighted by Crippen LogP contribution is 2.38. The van der Waals surface area contributed by atoms with Crippen molar-refractivity contribution in [3.8, 4) is 23.4 Å². The number of likely N-dealkylation sites (N-methyl/N-ethyl adjacent to an activating group) is 1. The van der Waals surface area contributed by atoms with E-state index in [1.54, 1.807) is 16.2 Å². The lowest BCUT2D eigenvalue weighted by molar-refractivity contribution is -0.137. The Labute approximate surface area is 252 Å². The normalized spacial score (nSPS) is 17.1. The molecule has 0 bridgehead atoms. The Morgan fingerprint density at radius 3 is 2.57 bits per heavy atom. The quantitative estimate of drug-likeness (QED) is 0.296. The molecule has 2 fully saturated rings. The van der Waals surface area contributed by atoms with Crippen LogP contribution < -0.4 is 9.80 Å². The summed E-state index contributed by atoms with van der Waals surface area (Å²) in [6, 6.07) is 12.9. The van der Waals surface area contributed by atoms with Gasteiger partial charge in [0.15, 0.2) is 10.9 Å². The van der Waals surface area contributed by atoms with Crippen molar-refractivity contribution in [2.45, 2.75) is 32.7 Å². The van der Waals surface area contributed by atoms with E-state index in [4.69, 9.17) is 20.3 Å². The molecule has 0 N–H and O–H groups in total. The number of thiazole rings is 1. The van der Waals surface area contributed by atoms with E-state index in [2.05, 4.69) is 28.9 Å². The summed E-state index contributed by atoms with van der Waals surface area (Å²) in [6.45, 7) is 7.19. The van der Waals surface area contributed by atoms with E-state index in [-0.39, 0.29) is 17.9 Å². The third kappa shape index (κ3) is 5.09. The van der Waals surface area contributed by atoms with Crippen molar-refractivity contribution in [1.82, 2.24) is 29.4 Å². The maximum Gasteiger partial charge on any atom is 0.236 e. The fraction of sp³-hybridized carbons (Fsp3) is 0.448. The number of imidazole rings is 1. The topological polar surface area (TPSA) is 121 Å². The second-order valence-corrected chi connectivity index (χ2v) is 12.9. The fourth-order valence-corrected chi connectivity index (χ4v) is 7.28. The highest BCUT2D eigenvalue weighted by molar-refractivity contribution is 7.20. The summed E-state index contributed by atoms with van der Waals surface area (Å²) in [7, 11) is 3.95. The highest BCUT2D eigenvalue weighted by atomic mass is 32.1. The number of likely N-dealkylation sites (tertiary alicyclic amines) is 1. The second-order valence-electron chi connectivity index (χ2n) is 11.0. The van der Waals surface area contributed by atoms with E-state index in [1.165, 1.54) is 11.3 Å². The third-order valence-corrected chi connectivity index (χ3v) is 10.1. The number of benzene rings is 1. The van der Waals surface area contributed by atoms with Gasteiger partial charge in [-0.25, -0.2) is 9.97 Å². The molecule has 0 unspecified atom stereocenters. The van der Waals surface area contributed by atoms with E-state index >= 15 is 0 Å². The summed E-state index contributed by atoms with van der Waals surface area (Å²) in [5.74, 6) is 0.913. The molecule has 0 aliphatic carbocycles. The summed E-state index contributed by atoms with van der Waals surface area (Å²) in [5.41, 5.74) is 3.69. The molecule has 11 nitrogen and oxygen atoms in total. The number of amides is 1. The van der Waals surface area contributed by atoms with Gasteiger partial charge in [0.2, 0.25) is 16.0 Å². The number of aryl methyl sites for hydroxylation is 2. The zero-order chi connectivity index (χ0) is 29.5. The predicted octanol–water partition coefficient (Wildman–Crippen LogP) is 3.92.